The maximum Gasteiger partial charge on any atom is 0.303 e. The normalized spacial score (nSPS) is 17.4. The molecule has 3 N–H and O–H groups in total. The first-order chi connectivity index (χ1) is 10.1. The third-order valence-corrected chi connectivity index (χ3v) is 3.56. The van der Waals surface area contributed by atoms with E-state index in [-0.39, 0.29) is 30.0 Å². The quantitative estimate of drug-likeness (QED) is 0.684. The summed E-state index contributed by atoms with van der Waals surface area (Å²) >= 11 is 0. The molecule has 8 nitrogen and oxygen atoms in total. The van der Waals surface area contributed by atoms with Crippen molar-refractivity contribution in [2.75, 3.05) is 19.6 Å². The number of piperidine rings is 1. The average molecular weight is 295 g/mol. The minimum Gasteiger partial charge on any atom is -0.481 e. The number of nitrogens with zero attached hydrogens (tertiary/aromatic N) is 3. The number of amides is 1. The molecule has 116 valence electrons. The first-order valence-corrected chi connectivity index (χ1v) is 7.19. The van der Waals surface area contributed by atoms with Crippen LogP contribution in [0.4, 0.5) is 0 Å². The zero-order valence-corrected chi connectivity index (χ0v) is 12.1. The molecule has 1 saturated heterocycles. The van der Waals surface area contributed by atoms with Crippen LogP contribution in [-0.4, -0.2) is 51.6 Å². The fraction of sp³-hybridized carbons (Fsp3) is 0.692. The second kappa shape index (κ2) is 7.16. The Morgan fingerprint density at radius 2 is 2.24 bits per heavy atom. The molecule has 1 aliphatic heterocycles. The lowest BCUT2D eigenvalue weighted by Crippen LogP contribution is -2.30. The lowest BCUT2D eigenvalue weighted by molar-refractivity contribution is -0.137. The Morgan fingerprint density at radius 3 is 2.90 bits per heavy atom. The lowest BCUT2D eigenvalue weighted by Gasteiger charge is -2.22. The lowest BCUT2D eigenvalue weighted by atomic mass is 10.1. The highest BCUT2D eigenvalue weighted by Crippen LogP contribution is 2.16. The van der Waals surface area contributed by atoms with Gasteiger partial charge >= 0.3 is 5.97 Å². The number of carboxylic acids is 1. The van der Waals surface area contributed by atoms with Gasteiger partial charge in [0, 0.05) is 13.0 Å². The summed E-state index contributed by atoms with van der Waals surface area (Å²) in [6.07, 6.45) is 3.63. The van der Waals surface area contributed by atoms with Crippen LogP contribution in [0.25, 0.3) is 0 Å². The van der Waals surface area contributed by atoms with Crippen molar-refractivity contribution in [1.82, 2.24) is 25.6 Å². The first kappa shape index (κ1) is 15.4. The molecule has 0 saturated carbocycles. The van der Waals surface area contributed by atoms with Crippen molar-refractivity contribution < 1.29 is 14.7 Å². The molecule has 1 aromatic rings. The molecule has 1 fully saturated rings. The molecule has 21 heavy (non-hydrogen) atoms. The first-order valence-electron chi connectivity index (χ1n) is 7.19. The van der Waals surface area contributed by atoms with E-state index in [2.05, 4.69) is 20.9 Å². The monoisotopic (exact) mass is 295 g/mol. The van der Waals surface area contributed by atoms with Crippen molar-refractivity contribution >= 4 is 11.9 Å². The van der Waals surface area contributed by atoms with Gasteiger partial charge < -0.3 is 15.7 Å². The molecule has 1 amide bonds. The SMILES string of the molecule is CC(CNC(=O)c1cn(C2CCNCC2)nn1)CC(=O)O. The van der Waals surface area contributed by atoms with Crippen LogP contribution in [0.2, 0.25) is 0 Å². The molecule has 8 heteroatoms. The Labute approximate surface area is 122 Å². The molecular weight excluding hydrogens is 274 g/mol. The second-order valence-electron chi connectivity index (χ2n) is 5.48. The molecule has 0 radical (unpaired) electrons. The van der Waals surface area contributed by atoms with Crippen LogP contribution < -0.4 is 10.6 Å². The minimum absolute atomic E-state index is 0.0298. The van der Waals surface area contributed by atoms with Crippen molar-refractivity contribution in [2.24, 2.45) is 5.92 Å². The van der Waals surface area contributed by atoms with E-state index in [9.17, 15) is 9.59 Å². The van der Waals surface area contributed by atoms with Crippen molar-refractivity contribution in [3.63, 3.8) is 0 Å². The molecule has 0 aliphatic carbocycles. The molecule has 2 heterocycles. The Hall–Kier alpha value is -1.96. The maximum absolute atomic E-state index is 11.9. The summed E-state index contributed by atoms with van der Waals surface area (Å²) in [7, 11) is 0. The number of nitrogens with one attached hydrogen (secondary N) is 2. The minimum atomic E-state index is -0.867. The molecule has 0 spiro atoms. The van der Waals surface area contributed by atoms with E-state index in [1.165, 1.54) is 0 Å². The van der Waals surface area contributed by atoms with Gasteiger partial charge in [-0.3, -0.25) is 9.59 Å². The largest absolute Gasteiger partial charge is 0.481 e. The average Bonchev–Trinajstić information content (AvgIpc) is 2.95. The summed E-state index contributed by atoms with van der Waals surface area (Å²) in [5.74, 6) is -1.30. The van der Waals surface area contributed by atoms with Gasteiger partial charge in [0.2, 0.25) is 0 Å². The number of carboxylic acid groups (broad SMARTS) is 1. The standard InChI is InChI=1S/C13H21N5O3/c1-9(6-12(19)20)7-15-13(21)11-8-18(17-16-11)10-2-4-14-5-3-10/h8-10,14H,2-7H2,1H3,(H,15,21)(H,19,20). The summed E-state index contributed by atoms with van der Waals surface area (Å²) < 4.78 is 1.75. The van der Waals surface area contributed by atoms with Gasteiger partial charge in [-0.15, -0.1) is 5.10 Å². The number of carbonyl (C=O) groups excluding carboxylic acids is 1. The Balaban J connectivity index is 1.85. The van der Waals surface area contributed by atoms with Crippen LogP contribution in [0.1, 0.15) is 42.7 Å². The highest BCUT2D eigenvalue weighted by Gasteiger charge is 2.19. The van der Waals surface area contributed by atoms with Crippen molar-refractivity contribution in [1.29, 1.82) is 0 Å². The summed E-state index contributed by atoms with van der Waals surface area (Å²) in [6, 6.07) is 0.284. The second-order valence-corrected chi connectivity index (χ2v) is 5.48. The number of aromatic nitrogens is 3. The van der Waals surface area contributed by atoms with Gasteiger partial charge in [-0.25, -0.2) is 4.68 Å². The highest BCUT2D eigenvalue weighted by molar-refractivity contribution is 5.91. The van der Waals surface area contributed by atoms with Gasteiger partial charge in [0.15, 0.2) is 5.69 Å². The van der Waals surface area contributed by atoms with E-state index in [0.717, 1.165) is 25.9 Å². The predicted molar refractivity (Wildman–Crippen MR) is 74.9 cm³/mol. The van der Waals surface area contributed by atoms with Gasteiger partial charge in [-0.05, 0) is 31.8 Å². The van der Waals surface area contributed by atoms with E-state index >= 15 is 0 Å². The Kier molecular flexibility index (Phi) is 5.26. The third kappa shape index (κ3) is 4.52. The number of carbonyl (C=O) groups is 2. The van der Waals surface area contributed by atoms with Crippen LogP contribution in [0.3, 0.4) is 0 Å². The van der Waals surface area contributed by atoms with Crippen LogP contribution in [0.15, 0.2) is 6.20 Å². The van der Waals surface area contributed by atoms with E-state index in [1.54, 1.807) is 17.8 Å². The van der Waals surface area contributed by atoms with Crippen LogP contribution in [-0.2, 0) is 4.79 Å². The molecule has 0 bridgehead atoms. The van der Waals surface area contributed by atoms with Crippen LogP contribution in [0.5, 0.6) is 0 Å². The molecular formula is C13H21N5O3. The molecule has 1 unspecified atom stereocenters. The summed E-state index contributed by atoms with van der Waals surface area (Å²) in [6.45, 7) is 3.98. The van der Waals surface area contributed by atoms with Crippen molar-refractivity contribution in [3.05, 3.63) is 11.9 Å². The zero-order valence-electron chi connectivity index (χ0n) is 12.1. The van der Waals surface area contributed by atoms with Gasteiger partial charge in [-0.2, -0.15) is 0 Å². The molecule has 0 aromatic carbocycles. The number of hydrogen-bond acceptors (Lipinski definition) is 5. The number of rotatable bonds is 6. The van der Waals surface area contributed by atoms with Gasteiger partial charge in [-0.1, -0.05) is 12.1 Å². The van der Waals surface area contributed by atoms with E-state index < -0.39 is 5.97 Å². The highest BCUT2D eigenvalue weighted by atomic mass is 16.4. The third-order valence-electron chi connectivity index (χ3n) is 3.56. The number of aliphatic carboxylic acids is 1. The van der Waals surface area contributed by atoms with E-state index in [0.29, 0.717) is 6.54 Å². The molecule has 1 aliphatic rings. The van der Waals surface area contributed by atoms with Crippen molar-refractivity contribution in [2.45, 2.75) is 32.2 Å². The summed E-state index contributed by atoms with van der Waals surface area (Å²) in [4.78, 5) is 22.5. The van der Waals surface area contributed by atoms with Gasteiger partial charge in [0.05, 0.1) is 12.2 Å². The Morgan fingerprint density at radius 1 is 1.52 bits per heavy atom. The maximum atomic E-state index is 11.9. The number of hydrogen-bond donors (Lipinski definition) is 3. The molecule has 1 atom stereocenters. The summed E-state index contributed by atoms with van der Waals surface area (Å²) in [5, 5.41) is 22.5. The summed E-state index contributed by atoms with van der Waals surface area (Å²) in [5.41, 5.74) is 0.274. The topological polar surface area (TPSA) is 109 Å². The zero-order chi connectivity index (χ0) is 15.2. The predicted octanol–water partition coefficient (Wildman–Crippen LogP) is 0.0432. The smallest absolute Gasteiger partial charge is 0.303 e. The fourth-order valence-electron chi connectivity index (χ4n) is 2.36. The molecule has 2 rings (SSSR count). The van der Waals surface area contributed by atoms with Gasteiger partial charge in [0.25, 0.3) is 5.91 Å². The van der Waals surface area contributed by atoms with E-state index in [4.69, 9.17) is 5.11 Å². The Bertz CT molecular complexity index is 496. The van der Waals surface area contributed by atoms with E-state index in [1.807, 2.05) is 0 Å². The van der Waals surface area contributed by atoms with Crippen LogP contribution in [0, 0.1) is 5.92 Å². The van der Waals surface area contributed by atoms with Crippen LogP contribution >= 0.6 is 0 Å². The fourth-order valence-corrected chi connectivity index (χ4v) is 2.36. The van der Waals surface area contributed by atoms with Gasteiger partial charge in [0.1, 0.15) is 0 Å². The molecule has 1 aromatic heterocycles. The van der Waals surface area contributed by atoms with Crippen molar-refractivity contribution in [3.8, 4) is 0 Å².